The van der Waals surface area contributed by atoms with Crippen molar-refractivity contribution >= 4 is 11.3 Å². The zero-order valence-corrected chi connectivity index (χ0v) is 9.53. The monoisotopic (exact) mass is 197 g/mol. The van der Waals surface area contributed by atoms with Gasteiger partial charge in [-0.15, -0.1) is 11.3 Å². The minimum Gasteiger partial charge on any atom is -0.312 e. The fraction of sp³-hybridized carbons (Fsp3) is 0.636. The van der Waals surface area contributed by atoms with Crippen LogP contribution in [0, 0.1) is 5.92 Å². The van der Waals surface area contributed by atoms with Crippen LogP contribution in [0.4, 0.5) is 0 Å². The molecular formula is C11H19NS. The summed E-state index contributed by atoms with van der Waals surface area (Å²) in [4.78, 5) is 1.46. The van der Waals surface area contributed by atoms with Crippen molar-refractivity contribution in [2.45, 2.75) is 32.7 Å². The van der Waals surface area contributed by atoms with Crippen molar-refractivity contribution in [1.29, 1.82) is 0 Å². The molecule has 74 valence electrons. The van der Waals surface area contributed by atoms with Gasteiger partial charge in [0.25, 0.3) is 0 Å². The van der Waals surface area contributed by atoms with Gasteiger partial charge in [-0.3, -0.25) is 0 Å². The maximum atomic E-state index is 3.40. The summed E-state index contributed by atoms with van der Waals surface area (Å²) in [6, 6.07) is 4.89. The molecule has 1 aromatic heterocycles. The summed E-state index contributed by atoms with van der Waals surface area (Å²) in [5.74, 6) is 0.730. The van der Waals surface area contributed by atoms with E-state index in [0.717, 1.165) is 5.92 Å². The van der Waals surface area contributed by atoms with Crippen molar-refractivity contribution in [2.75, 3.05) is 7.05 Å². The van der Waals surface area contributed by atoms with Gasteiger partial charge in [0, 0.05) is 10.9 Å². The van der Waals surface area contributed by atoms with E-state index in [1.54, 1.807) is 0 Å². The summed E-state index contributed by atoms with van der Waals surface area (Å²) >= 11 is 1.85. The summed E-state index contributed by atoms with van der Waals surface area (Å²) in [6.07, 6.45) is 2.56. The fourth-order valence-electron chi connectivity index (χ4n) is 1.80. The highest BCUT2D eigenvalue weighted by molar-refractivity contribution is 7.10. The zero-order valence-electron chi connectivity index (χ0n) is 8.71. The molecule has 0 aromatic carbocycles. The minimum atomic E-state index is 0.542. The van der Waals surface area contributed by atoms with Gasteiger partial charge in [0.1, 0.15) is 0 Å². The highest BCUT2D eigenvalue weighted by Gasteiger charge is 2.16. The van der Waals surface area contributed by atoms with Crippen molar-refractivity contribution in [1.82, 2.24) is 5.32 Å². The highest BCUT2D eigenvalue weighted by atomic mass is 32.1. The third-order valence-electron chi connectivity index (χ3n) is 2.47. The normalized spacial score (nSPS) is 15.6. The van der Waals surface area contributed by atoms with E-state index in [1.165, 1.54) is 17.7 Å². The van der Waals surface area contributed by atoms with Gasteiger partial charge in [0.05, 0.1) is 0 Å². The van der Waals surface area contributed by atoms with E-state index in [2.05, 4.69) is 43.7 Å². The Balaban J connectivity index is 2.62. The SMILES string of the molecule is CCCC(C)C(NC)c1cccs1. The lowest BCUT2D eigenvalue weighted by Gasteiger charge is -2.21. The second kappa shape index (κ2) is 5.40. The molecule has 0 bridgehead atoms. The second-order valence-corrected chi connectivity index (χ2v) is 4.53. The molecule has 2 atom stereocenters. The van der Waals surface area contributed by atoms with Crippen LogP contribution in [-0.2, 0) is 0 Å². The van der Waals surface area contributed by atoms with Crippen molar-refractivity contribution in [3.8, 4) is 0 Å². The van der Waals surface area contributed by atoms with E-state index in [9.17, 15) is 0 Å². The van der Waals surface area contributed by atoms with Gasteiger partial charge in [-0.2, -0.15) is 0 Å². The third-order valence-corrected chi connectivity index (χ3v) is 3.43. The molecular weight excluding hydrogens is 178 g/mol. The molecule has 2 heteroatoms. The van der Waals surface area contributed by atoms with Crippen LogP contribution in [0.15, 0.2) is 17.5 Å². The molecule has 0 aliphatic heterocycles. The van der Waals surface area contributed by atoms with Crippen molar-refractivity contribution in [3.05, 3.63) is 22.4 Å². The summed E-state index contributed by atoms with van der Waals surface area (Å²) in [5, 5.41) is 5.55. The van der Waals surface area contributed by atoms with E-state index in [0.29, 0.717) is 6.04 Å². The number of rotatable bonds is 5. The standard InChI is InChI=1S/C11H19NS/c1-4-6-9(2)11(12-3)10-7-5-8-13-10/h5,7-9,11-12H,4,6H2,1-3H3. The molecule has 1 N–H and O–H groups in total. The van der Waals surface area contributed by atoms with Crippen LogP contribution in [-0.4, -0.2) is 7.05 Å². The van der Waals surface area contributed by atoms with Crippen LogP contribution < -0.4 is 5.32 Å². The van der Waals surface area contributed by atoms with Crippen molar-refractivity contribution in [2.24, 2.45) is 5.92 Å². The van der Waals surface area contributed by atoms with E-state index in [4.69, 9.17) is 0 Å². The first-order valence-electron chi connectivity index (χ1n) is 5.00. The van der Waals surface area contributed by atoms with Gasteiger partial charge in [0.15, 0.2) is 0 Å². The lowest BCUT2D eigenvalue weighted by Crippen LogP contribution is -2.22. The Morgan fingerprint density at radius 1 is 1.54 bits per heavy atom. The predicted molar refractivity (Wildman–Crippen MR) is 60.2 cm³/mol. The van der Waals surface area contributed by atoms with E-state index in [-0.39, 0.29) is 0 Å². The molecule has 0 amide bonds. The lowest BCUT2D eigenvalue weighted by atomic mass is 9.96. The first-order valence-corrected chi connectivity index (χ1v) is 5.88. The molecule has 1 aromatic rings. The second-order valence-electron chi connectivity index (χ2n) is 3.55. The van der Waals surface area contributed by atoms with Gasteiger partial charge in [-0.1, -0.05) is 26.3 Å². The Bertz CT molecular complexity index is 218. The number of thiophene rings is 1. The Hall–Kier alpha value is -0.340. The topological polar surface area (TPSA) is 12.0 Å². The lowest BCUT2D eigenvalue weighted by molar-refractivity contribution is 0.389. The largest absolute Gasteiger partial charge is 0.312 e. The highest BCUT2D eigenvalue weighted by Crippen LogP contribution is 2.28. The zero-order chi connectivity index (χ0) is 9.68. The van der Waals surface area contributed by atoms with Crippen LogP contribution in [0.3, 0.4) is 0 Å². The molecule has 1 rings (SSSR count). The number of nitrogens with one attached hydrogen (secondary N) is 1. The molecule has 0 fully saturated rings. The number of hydrogen-bond donors (Lipinski definition) is 1. The van der Waals surface area contributed by atoms with Crippen LogP contribution >= 0.6 is 11.3 Å². The Kier molecular flexibility index (Phi) is 4.46. The molecule has 0 saturated heterocycles. The third kappa shape index (κ3) is 2.82. The maximum absolute atomic E-state index is 3.40. The first kappa shape index (κ1) is 10.7. The molecule has 1 heterocycles. The van der Waals surface area contributed by atoms with Crippen LogP contribution in [0.25, 0.3) is 0 Å². The molecule has 0 saturated carbocycles. The van der Waals surface area contributed by atoms with E-state index >= 15 is 0 Å². The Morgan fingerprint density at radius 2 is 2.31 bits per heavy atom. The Labute approximate surface area is 85.2 Å². The Morgan fingerprint density at radius 3 is 2.77 bits per heavy atom. The predicted octanol–water partition coefficient (Wildman–Crippen LogP) is 3.44. The average Bonchev–Trinajstić information content (AvgIpc) is 2.59. The van der Waals surface area contributed by atoms with Crippen LogP contribution in [0.1, 0.15) is 37.6 Å². The molecule has 0 aliphatic carbocycles. The van der Waals surface area contributed by atoms with Gasteiger partial charge < -0.3 is 5.32 Å². The number of hydrogen-bond acceptors (Lipinski definition) is 2. The van der Waals surface area contributed by atoms with E-state index < -0.39 is 0 Å². The van der Waals surface area contributed by atoms with Crippen molar-refractivity contribution < 1.29 is 0 Å². The summed E-state index contributed by atoms with van der Waals surface area (Å²) in [7, 11) is 2.05. The van der Waals surface area contributed by atoms with Gasteiger partial charge in [-0.25, -0.2) is 0 Å². The van der Waals surface area contributed by atoms with Gasteiger partial charge in [-0.05, 0) is 30.8 Å². The quantitative estimate of drug-likeness (QED) is 0.762. The fourth-order valence-corrected chi connectivity index (χ4v) is 2.77. The molecule has 0 spiro atoms. The molecule has 0 aliphatic rings. The molecule has 2 unspecified atom stereocenters. The van der Waals surface area contributed by atoms with Crippen molar-refractivity contribution in [3.63, 3.8) is 0 Å². The van der Waals surface area contributed by atoms with Gasteiger partial charge >= 0.3 is 0 Å². The smallest absolute Gasteiger partial charge is 0.0438 e. The molecule has 13 heavy (non-hydrogen) atoms. The summed E-state index contributed by atoms with van der Waals surface area (Å²) in [5.41, 5.74) is 0. The first-order chi connectivity index (χ1) is 6.29. The summed E-state index contributed by atoms with van der Waals surface area (Å²) < 4.78 is 0. The van der Waals surface area contributed by atoms with E-state index in [1.807, 2.05) is 11.3 Å². The van der Waals surface area contributed by atoms with Gasteiger partial charge in [0.2, 0.25) is 0 Å². The maximum Gasteiger partial charge on any atom is 0.0438 e. The molecule has 0 radical (unpaired) electrons. The molecule has 1 nitrogen and oxygen atoms in total. The average molecular weight is 197 g/mol. The summed E-state index contributed by atoms with van der Waals surface area (Å²) in [6.45, 7) is 4.57. The van der Waals surface area contributed by atoms with Crippen LogP contribution in [0.2, 0.25) is 0 Å². The van der Waals surface area contributed by atoms with Crippen LogP contribution in [0.5, 0.6) is 0 Å². The minimum absolute atomic E-state index is 0.542.